The van der Waals surface area contributed by atoms with Crippen molar-refractivity contribution in [3.05, 3.63) is 18.0 Å². The van der Waals surface area contributed by atoms with E-state index in [1.54, 1.807) is 22.9 Å². The zero-order valence-corrected chi connectivity index (χ0v) is 12.7. The Kier molecular flexibility index (Phi) is 4.95. The van der Waals surface area contributed by atoms with E-state index in [4.69, 9.17) is 4.74 Å². The van der Waals surface area contributed by atoms with Crippen molar-refractivity contribution in [2.45, 2.75) is 26.4 Å². The summed E-state index contributed by atoms with van der Waals surface area (Å²) in [5.74, 6) is -0.174. The molecule has 0 spiro atoms. The quantitative estimate of drug-likeness (QED) is 0.786. The van der Waals surface area contributed by atoms with Crippen molar-refractivity contribution in [2.24, 2.45) is 5.92 Å². The van der Waals surface area contributed by atoms with Gasteiger partial charge in [0, 0.05) is 25.8 Å². The van der Waals surface area contributed by atoms with Crippen LogP contribution in [-0.4, -0.2) is 53.3 Å². The van der Waals surface area contributed by atoms with Crippen molar-refractivity contribution in [1.82, 2.24) is 20.0 Å². The Labute approximate surface area is 124 Å². The van der Waals surface area contributed by atoms with Crippen LogP contribution >= 0.6 is 0 Å². The summed E-state index contributed by atoms with van der Waals surface area (Å²) in [6.07, 6.45) is 1.66. The van der Waals surface area contributed by atoms with Crippen molar-refractivity contribution >= 4 is 11.8 Å². The van der Waals surface area contributed by atoms with E-state index in [1.807, 2.05) is 19.9 Å². The fourth-order valence-electron chi connectivity index (χ4n) is 2.41. The molecule has 21 heavy (non-hydrogen) atoms. The number of hydrogen-bond acceptors (Lipinski definition) is 4. The minimum Gasteiger partial charge on any atom is -0.383 e. The van der Waals surface area contributed by atoms with E-state index in [-0.39, 0.29) is 17.7 Å². The Morgan fingerprint density at radius 1 is 1.52 bits per heavy atom. The summed E-state index contributed by atoms with van der Waals surface area (Å²) in [6.45, 7) is 5.48. The highest BCUT2D eigenvalue weighted by Gasteiger charge is 2.33. The van der Waals surface area contributed by atoms with Crippen molar-refractivity contribution in [3.63, 3.8) is 0 Å². The molecule has 1 atom stereocenters. The molecule has 0 aromatic carbocycles. The lowest BCUT2D eigenvalue weighted by Gasteiger charge is -2.34. The zero-order chi connectivity index (χ0) is 15.4. The molecule has 0 aliphatic carbocycles. The Bertz CT molecular complexity index is 512. The molecule has 1 aromatic heterocycles. The molecule has 1 aliphatic heterocycles. The van der Waals surface area contributed by atoms with Gasteiger partial charge in [0.15, 0.2) is 0 Å². The molecule has 7 heteroatoms. The highest BCUT2D eigenvalue weighted by Crippen LogP contribution is 2.21. The van der Waals surface area contributed by atoms with E-state index in [9.17, 15) is 9.59 Å². The van der Waals surface area contributed by atoms with Crippen LogP contribution in [0.4, 0.5) is 0 Å². The minimum atomic E-state index is -0.483. The Balaban J connectivity index is 2.13. The third kappa shape index (κ3) is 3.41. The van der Waals surface area contributed by atoms with Crippen LogP contribution in [0.15, 0.2) is 12.3 Å². The van der Waals surface area contributed by atoms with Crippen LogP contribution < -0.4 is 5.32 Å². The van der Waals surface area contributed by atoms with Gasteiger partial charge in [-0.1, -0.05) is 13.8 Å². The number of carbonyl (C=O) groups is 2. The van der Waals surface area contributed by atoms with Gasteiger partial charge in [0.1, 0.15) is 6.04 Å². The van der Waals surface area contributed by atoms with Crippen molar-refractivity contribution in [3.8, 4) is 0 Å². The smallest absolute Gasteiger partial charge is 0.246 e. The van der Waals surface area contributed by atoms with Gasteiger partial charge in [-0.3, -0.25) is 14.3 Å². The van der Waals surface area contributed by atoms with Gasteiger partial charge in [-0.25, -0.2) is 0 Å². The molecule has 1 unspecified atom stereocenters. The molecule has 116 valence electrons. The van der Waals surface area contributed by atoms with Crippen molar-refractivity contribution in [2.75, 3.05) is 26.8 Å². The fourth-order valence-corrected chi connectivity index (χ4v) is 2.41. The summed E-state index contributed by atoms with van der Waals surface area (Å²) in [6, 6.07) is 1.36. The van der Waals surface area contributed by atoms with Crippen LogP contribution in [0, 0.1) is 5.92 Å². The van der Waals surface area contributed by atoms with Gasteiger partial charge in [-0.2, -0.15) is 5.10 Å². The molecule has 7 nitrogen and oxygen atoms in total. The number of ether oxygens (including phenoxy) is 1. The third-order valence-electron chi connectivity index (χ3n) is 3.51. The maximum Gasteiger partial charge on any atom is 0.246 e. The maximum absolute atomic E-state index is 12.3. The first-order chi connectivity index (χ1) is 10.0. The van der Waals surface area contributed by atoms with Crippen LogP contribution in [0.5, 0.6) is 0 Å². The number of carbonyl (C=O) groups excluding carboxylic acids is 2. The topological polar surface area (TPSA) is 76.5 Å². The van der Waals surface area contributed by atoms with Gasteiger partial charge in [0.05, 0.1) is 25.4 Å². The standard InChI is InChI=1S/C14H22N4O3/c1-10(2)14(20)17-8-11-4-5-16-18(11)12(9-17)13(19)15-6-7-21-3/h4-5,10,12H,6-9H2,1-3H3,(H,15,19). The Hall–Kier alpha value is -1.89. The lowest BCUT2D eigenvalue weighted by atomic mass is 10.1. The lowest BCUT2D eigenvalue weighted by Crippen LogP contribution is -2.48. The highest BCUT2D eigenvalue weighted by atomic mass is 16.5. The monoisotopic (exact) mass is 294 g/mol. The van der Waals surface area contributed by atoms with E-state index in [2.05, 4.69) is 10.4 Å². The molecular weight excluding hydrogens is 272 g/mol. The Morgan fingerprint density at radius 3 is 2.95 bits per heavy atom. The summed E-state index contributed by atoms with van der Waals surface area (Å²) in [5, 5.41) is 7.02. The lowest BCUT2D eigenvalue weighted by molar-refractivity contribution is -0.138. The third-order valence-corrected chi connectivity index (χ3v) is 3.51. The van der Waals surface area contributed by atoms with E-state index in [1.165, 1.54) is 0 Å². The molecule has 0 saturated heterocycles. The summed E-state index contributed by atoms with van der Waals surface area (Å²) >= 11 is 0. The number of rotatable bonds is 5. The number of fused-ring (bicyclic) bond motifs is 1. The van der Waals surface area contributed by atoms with Crippen LogP contribution in [0.25, 0.3) is 0 Å². The molecular formula is C14H22N4O3. The average molecular weight is 294 g/mol. The molecule has 0 saturated carbocycles. The van der Waals surface area contributed by atoms with Gasteiger partial charge >= 0.3 is 0 Å². The molecule has 1 aromatic rings. The first-order valence-electron chi connectivity index (χ1n) is 7.12. The molecule has 2 rings (SSSR count). The predicted octanol–water partition coefficient (Wildman–Crippen LogP) is 0.185. The second-order valence-electron chi connectivity index (χ2n) is 5.44. The van der Waals surface area contributed by atoms with E-state index in [0.29, 0.717) is 26.2 Å². The first kappa shape index (κ1) is 15.5. The van der Waals surface area contributed by atoms with Gasteiger partial charge in [0.2, 0.25) is 11.8 Å². The van der Waals surface area contributed by atoms with Crippen LogP contribution in [0.1, 0.15) is 25.6 Å². The zero-order valence-electron chi connectivity index (χ0n) is 12.7. The molecule has 0 bridgehead atoms. The summed E-state index contributed by atoms with van der Waals surface area (Å²) in [4.78, 5) is 26.2. The second kappa shape index (κ2) is 6.71. The average Bonchev–Trinajstić information content (AvgIpc) is 2.93. The predicted molar refractivity (Wildman–Crippen MR) is 76.4 cm³/mol. The molecule has 0 radical (unpaired) electrons. The number of aromatic nitrogens is 2. The van der Waals surface area contributed by atoms with Crippen molar-refractivity contribution in [1.29, 1.82) is 0 Å². The van der Waals surface area contributed by atoms with Crippen LogP contribution in [0.2, 0.25) is 0 Å². The number of nitrogens with zero attached hydrogens (tertiary/aromatic N) is 3. The Morgan fingerprint density at radius 2 is 2.29 bits per heavy atom. The summed E-state index contributed by atoms with van der Waals surface area (Å²) in [5.41, 5.74) is 0.877. The normalized spacial score (nSPS) is 17.7. The fraction of sp³-hybridized carbons (Fsp3) is 0.643. The maximum atomic E-state index is 12.3. The summed E-state index contributed by atoms with van der Waals surface area (Å²) in [7, 11) is 1.58. The van der Waals surface area contributed by atoms with E-state index >= 15 is 0 Å². The summed E-state index contributed by atoms with van der Waals surface area (Å²) < 4.78 is 6.62. The van der Waals surface area contributed by atoms with Crippen molar-refractivity contribution < 1.29 is 14.3 Å². The minimum absolute atomic E-state index is 0.0529. The van der Waals surface area contributed by atoms with E-state index < -0.39 is 6.04 Å². The van der Waals surface area contributed by atoms with Gasteiger partial charge < -0.3 is 15.0 Å². The van der Waals surface area contributed by atoms with Crippen LogP contribution in [0.3, 0.4) is 0 Å². The first-order valence-corrected chi connectivity index (χ1v) is 7.12. The number of methoxy groups -OCH3 is 1. The molecule has 2 amide bonds. The van der Waals surface area contributed by atoms with E-state index in [0.717, 1.165) is 5.69 Å². The highest BCUT2D eigenvalue weighted by molar-refractivity contribution is 5.83. The number of amides is 2. The van der Waals surface area contributed by atoms with Gasteiger partial charge in [-0.15, -0.1) is 0 Å². The van der Waals surface area contributed by atoms with Gasteiger partial charge in [-0.05, 0) is 6.07 Å². The number of hydrogen-bond donors (Lipinski definition) is 1. The van der Waals surface area contributed by atoms with Crippen LogP contribution in [-0.2, 0) is 20.9 Å². The molecule has 1 aliphatic rings. The molecule has 2 heterocycles. The van der Waals surface area contributed by atoms with Gasteiger partial charge in [0.25, 0.3) is 0 Å². The largest absolute Gasteiger partial charge is 0.383 e. The molecule has 0 fully saturated rings. The molecule has 1 N–H and O–H groups in total. The second-order valence-corrected chi connectivity index (χ2v) is 5.44. The number of nitrogens with one attached hydrogen (secondary N) is 1. The SMILES string of the molecule is COCCNC(=O)C1CN(C(=O)C(C)C)Cc2ccnn21.